The number of pyridine rings is 1. The van der Waals surface area contributed by atoms with Gasteiger partial charge in [0.2, 0.25) is 0 Å². The molecule has 20 heavy (non-hydrogen) atoms. The van der Waals surface area contributed by atoms with Gasteiger partial charge in [0.05, 0.1) is 18.7 Å². The predicted octanol–water partition coefficient (Wildman–Crippen LogP) is 2.84. The molecule has 2 aromatic rings. The van der Waals surface area contributed by atoms with Crippen LogP contribution in [0.2, 0.25) is 0 Å². The van der Waals surface area contributed by atoms with Crippen LogP contribution in [-0.2, 0) is 0 Å². The number of benzene rings is 1. The Kier molecular flexibility index (Phi) is 4.06. The molecule has 1 aromatic heterocycles. The van der Waals surface area contributed by atoms with Crippen molar-refractivity contribution in [3.8, 4) is 17.6 Å². The first kappa shape index (κ1) is 13.7. The normalized spacial score (nSPS) is 11.4. The zero-order valence-corrected chi connectivity index (χ0v) is 11.3. The maximum absolute atomic E-state index is 9.92. The Balaban J connectivity index is 2.28. The topological polar surface area (TPSA) is 78.2 Å². The van der Waals surface area contributed by atoms with Gasteiger partial charge in [-0.3, -0.25) is 0 Å². The second kappa shape index (κ2) is 5.93. The summed E-state index contributed by atoms with van der Waals surface area (Å²) in [6.45, 7) is 1.88. The maximum Gasteiger partial charge on any atom is 0.144 e. The molecule has 1 unspecified atom stereocenters. The number of rotatable bonds is 4. The predicted molar refractivity (Wildman–Crippen MR) is 75.6 cm³/mol. The van der Waals surface area contributed by atoms with Crippen molar-refractivity contribution in [3.63, 3.8) is 0 Å². The van der Waals surface area contributed by atoms with Crippen molar-refractivity contribution in [1.29, 1.82) is 5.26 Å². The third kappa shape index (κ3) is 2.81. The SMILES string of the molecule is COc1ccc(O)c(C(C)Nc2ncccc2C#N)c1. The molecule has 1 atom stereocenters. The van der Waals surface area contributed by atoms with E-state index < -0.39 is 0 Å². The van der Waals surface area contributed by atoms with E-state index in [-0.39, 0.29) is 11.8 Å². The molecule has 0 saturated carbocycles. The number of phenolic OH excluding ortho intramolecular Hbond substituents is 1. The number of methoxy groups -OCH3 is 1. The van der Waals surface area contributed by atoms with E-state index in [9.17, 15) is 5.11 Å². The fourth-order valence-corrected chi connectivity index (χ4v) is 1.90. The first-order valence-electron chi connectivity index (χ1n) is 6.14. The molecule has 5 nitrogen and oxygen atoms in total. The van der Waals surface area contributed by atoms with Crippen LogP contribution in [0.5, 0.6) is 11.5 Å². The van der Waals surface area contributed by atoms with Gasteiger partial charge in [-0.05, 0) is 37.3 Å². The standard InChI is InChI=1S/C15H15N3O2/c1-10(13-8-12(20-2)5-6-14(13)19)18-15-11(9-16)4-3-7-17-15/h3-8,10,19H,1-2H3,(H,17,18). The van der Waals surface area contributed by atoms with Crippen molar-refractivity contribution in [1.82, 2.24) is 4.98 Å². The zero-order chi connectivity index (χ0) is 14.5. The molecule has 5 heteroatoms. The minimum Gasteiger partial charge on any atom is -0.508 e. The van der Waals surface area contributed by atoms with Crippen molar-refractivity contribution in [2.45, 2.75) is 13.0 Å². The number of ether oxygens (including phenoxy) is 1. The summed E-state index contributed by atoms with van der Waals surface area (Å²) in [6.07, 6.45) is 1.61. The van der Waals surface area contributed by atoms with E-state index in [0.717, 1.165) is 0 Å². The van der Waals surface area contributed by atoms with Crippen LogP contribution < -0.4 is 10.1 Å². The van der Waals surface area contributed by atoms with Gasteiger partial charge < -0.3 is 15.2 Å². The highest BCUT2D eigenvalue weighted by molar-refractivity contribution is 5.53. The maximum atomic E-state index is 9.92. The van der Waals surface area contributed by atoms with Crippen LogP contribution in [0.15, 0.2) is 36.5 Å². The highest BCUT2D eigenvalue weighted by atomic mass is 16.5. The Morgan fingerprint density at radius 1 is 1.40 bits per heavy atom. The molecule has 0 aliphatic rings. The Hall–Kier alpha value is -2.74. The first-order valence-corrected chi connectivity index (χ1v) is 6.14. The van der Waals surface area contributed by atoms with Crippen molar-refractivity contribution >= 4 is 5.82 Å². The highest BCUT2D eigenvalue weighted by Gasteiger charge is 2.13. The molecule has 1 heterocycles. The summed E-state index contributed by atoms with van der Waals surface area (Å²) in [6, 6.07) is 10.3. The lowest BCUT2D eigenvalue weighted by Gasteiger charge is -2.17. The smallest absolute Gasteiger partial charge is 0.144 e. The second-order valence-electron chi connectivity index (χ2n) is 4.30. The summed E-state index contributed by atoms with van der Waals surface area (Å²) in [7, 11) is 1.57. The van der Waals surface area contributed by atoms with E-state index in [4.69, 9.17) is 10.00 Å². The van der Waals surface area contributed by atoms with Crippen LogP contribution in [0.1, 0.15) is 24.1 Å². The van der Waals surface area contributed by atoms with Gasteiger partial charge >= 0.3 is 0 Å². The number of nitrogens with zero attached hydrogens (tertiary/aromatic N) is 2. The van der Waals surface area contributed by atoms with Gasteiger partial charge in [-0.1, -0.05) is 0 Å². The first-order chi connectivity index (χ1) is 9.65. The summed E-state index contributed by atoms with van der Waals surface area (Å²) in [5.74, 6) is 1.32. The molecule has 0 aliphatic heterocycles. The van der Waals surface area contributed by atoms with Crippen molar-refractivity contribution in [3.05, 3.63) is 47.7 Å². The summed E-state index contributed by atoms with van der Waals surface area (Å²) in [5.41, 5.74) is 1.14. The summed E-state index contributed by atoms with van der Waals surface area (Å²) in [5, 5.41) is 22.1. The van der Waals surface area contributed by atoms with E-state index in [1.54, 1.807) is 43.6 Å². The molecule has 0 saturated heterocycles. The van der Waals surface area contributed by atoms with Crippen LogP contribution in [0, 0.1) is 11.3 Å². The lowest BCUT2D eigenvalue weighted by Crippen LogP contribution is -2.09. The van der Waals surface area contributed by atoms with Crippen LogP contribution in [0.4, 0.5) is 5.82 Å². The Bertz CT molecular complexity index is 650. The van der Waals surface area contributed by atoms with Gasteiger partial charge in [0.25, 0.3) is 0 Å². The lowest BCUT2D eigenvalue weighted by atomic mass is 10.1. The van der Waals surface area contributed by atoms with E-state index in [2.05, 4.69) is 16.4 Å². The lowest BCUT2D eigenvalue weighted by molar-refractivity contribution is 0.410. The second-order valence-corrected chi connectivity index (χ2v) is 4.30. The number of hydrogen-bond donors (Lipinski definition) is 2. The van der Waals surface area contributed by atoms with Crippen molar-refractivity contribution in [2.24, 2.45) is 0 Å². The molecule has 2 rings (SSSR count). The Labute approximate surface area is 117 Å². The minimum atomic E-state index is -0.216. The zero-order valence-electron chi connectivity index (χ0n) is 11.3. The largest absolute Gasteiger partial charge is 0.508 e. The van der Waals surface area contributed by atoms with Gasteiger partial charge in [-0.15, -0.1) is 0 Å². The fraction of sp³-hybridized carbons (Fsp3) is 0.200. The molecule has 0 radical (unpaired) electrons. The van der Waals surface area contributed by atoms with Crippen LogP contribution in [-0.4, -0.2) is 17.2 Å². The Morgan fingerprint density at radius 2 is 2.20 bits per heavy atom. The van der Waals surface area contributed by atoms with Gasteiger partial charge in [-0.2, -0.15) is 5.26 Å². The molecule has 0 fully saturated rings. The molecular weight excluding hydrogens is 254 g/mol. The molecular formula is C15H15N3O2. The minimum absolute atomic E-state index is 0.167. The van der Waals surface area contributed by atoms with E-state index in [1.807, 2.05) is 6.92 Å². The number of aromatic nitrogens is 1. The van der Waals surface area contributed by atoms with Crippen LogP contribution >= 0.6 is 0 Å². The van der Waals surface area contributed by atoms with Gasteiger partial charge in [0.15, 0.2) is 0 Å². The van der Waals surface area contributed by atoms with Gasteiger partial charge in [0.1, 0.15) is 23.4 Å². The number of anilines is 1. The molecule has 1 aromatic carbocycles. The number of hydrogen-bond acceptors (Lipinski definition) is 5. The quantitative estimate of drug-likeness (QED) is 0.892. The molecule has 0 aliphatic carbocycles. The Morgan fingerprint density at radius 3 is 2.90 bits per heavy atom. The van der Waals surface area contributed by atoms with E-state index >= 15 is 0 Å². The number of aromatic hydroxyl groups is 1. The number of nitrogens with one attached hydrogen (secondary N) is 1. The van der Waals surface area contributed by atoms with Crippen molar-refractivity contribution in [2.75, 3.05) is 12.4 Å². The third-order valence-electron chi connectivity index (χ3n) is 2.98. The summed E-state index contributed by atoms with van der Waals surface area (Å²) >= 11 is 0. The highest BCUT2D eigenvalue weighted by Crippen LogP contribution is 2.30. The van der Waals surface area contributed by atoms with E-state index in [0.29, 0.717) is 22.7 Å². The third-order valence-corrected chi connectivity index (χ3v) is 2.98. The average molecular weight is 269 g/mol. The molecule has 0 spiro atoms. The molecule has 2 N–H and O–H groups in total. The average Bonchev–Trinajstić information content (AvgIpc) is 2.48. The van der Waals surface area contributed by atoms with E-state index in [1.165, 1.54) is 0 Å². The fourth-order valence-electron chi connectivity index (χ4n) is 1.90. The number of phenols is 1. The van der Waals surface area contributed by atoms with Gasteiger partial charge in [0, 0.05) is 11.8 Å². The summed E-state index contributed by atoms with van der Waals surface area (Å²) < 4.78 is 5.15. The molecule has 102 valence electrons. The number of nitriles is 1. The summed E-state index contributed by atoms with van der Waals surface area (Å²) in [4.78, 5) is 4.14. The monoisotopic (exact) mass is 269 g/mol. The molecule has 0 amide bonds. The van der Waals surface area contributed by atoms with Gasteiger partial charge in [-0.25, -0.2) is 4.98 Å². The van der Waals surface area contributed by atoms with Crippen molar-refractivity contribution < 1.29 is 9.84 Å². The van der Waals surface area contributed by atoms with Crippen LogP contribution in [0.25, 0.3) is 0 Å². The molecule has 0 bridgehead atoms. The van der Waals surface area contributed by atoms with Crippen LogP contribution in [0.3, 0.4) is 0 Å².